The van der Waals surface area contributed by atoms with Crippen molar-refractivity contribution in [3.05, 3.63) is 71.3 Å². The Kier molecular flexibility index (Phi) is 6.90. The van der Waals surface area contributed by atoms with Gasteiger partial charge >= 0.3 is 0 Å². The number of benzene rings is 2. The van der Waals surface area contributed by atoms with Crippen LogP contribution in [0.1, 0.15) is 30.5 Å². The van der Waals surface area contributed by atoms with Crippen molar-refractivity contribution in [2.45, 2.75) is 19.4 Å². The molecule has 6 heteroatoms. The zero-order valence-electron chi connectivity index (χ0n) is 17.7. The summed E-state index contributed by atoms with van der Waals surface area (Å²) < 4.78 is 5.52. The van der Waals surface area contributed by atoms with Gasteiger partial charge in [0.25, 0.3) is 11.7 Å². The van der Waals surface area contributed by atoms with E-state index in [4.69, 9.17) is 4.74 Å². The fraction of sp³-hybridized carbons (Fsp3) is 0.333. The fourth-order valence-corrected chi connectivity index (χ4v) is 3.72. The first-order valence-electron chi connectivity index (χ1n) is 10.3. The van der Waals surface area contributed by atoms with E-state index in [1.807, 2.05) is 51.4 Å². The van der Waals surface area contributed by atoms with Gasteiger partial charge in [-0.15, -0.1) is 0 Å². The number of hydrogen-bond acceptors (Lipinski definition) is 4. The quantitative estimate of drug-likeness (QED) is 0.398. The van der Waals surface area contributed by atoms with E-state index in [1.54, 1.807) is 29.2 Å². The number of rotatable bonds is 8. The van der Waals surface area contributed by atoms with E-state index >= 15 is 0 Å². The van der Waals surface area contributed by atoms with Gasteiger partial charge in [-0.05, 0) is 24.6 Å². The number of amides is 1. The van der Waals surface area contributed by atoms with E-state index < -0.39 is 17.7 Å². The van der Waals surface area contributed by atoms with Crippen molar-refractivity contribution in [2.75, 3.05) is 33.8 Å². The summed E-state index contributed by atoms with van der Waals surface area (Å²) in [7, 11) is 4.10. The SMILES string of the molecule is CCOc1ccc([C@@H]2C(=C(O)c3ccccc3)C(=O)C(=O)N2CCC[NH+](C)C)cc1. The molecule has 0 spiro atoms. The smallest absolute Gasteiger partial charge is 0.295 e. The van der Waals surface area contributed by atoms with Crippen LogP contribution in [0.15, 0.2) is 60.2 Å². The largest absolute Gasteiger partial charge is 0.507 e. The van der Waals surface area contributed by atoms with Gasteiger partial charge in [0.05, 0.1) is 38.9 Å². The molecule has 1 aliphatic heterocycles. The Labute approximate surface area is 177 Å². The van der Waals surface area contributed by atoms with Crippen LogP contribution < -0.4 is 9.64 Å². The minimum atomic E-state index is -0.646. The molecule has 1 amide bonds. The van der Waals surface area contributed by atoms with Gasteiger partial charge in [0.1, 0.15) is 11.5 Å². The van der Waals surface area contributed by atoms with E-state index in [2.05, 4.69) is 0 Å². The van der Waals surface area contributed by atoms with Gasteiger partial charge in [0.15, 0.2) is 0 Å². The predicted octanol–water partition coefficient (Wildman–Crippen LogP) is 2.04. The number of ether oxygens (including phenoxy) is 1. The molecule has 1 heterocycles. The third-order valence-corrected chi connectivity index (χ3v) is 5.17. The lowest BCUT2D eigenvalue weighted by atomic mass is 9.95. The van der Waals surface area contributed by atoms with Crippen LogP contribution in [0.25, 0.3) is 5.76 Å². The Morgan fingerprint density at radius 3 is 2.33 bits per heavy atom. The van der Waals surface area contributed by atoms with Crippen LogP contribution in [0.4, 0.5) is 0 Å². The molecule has 2 N–H and O–H groups in total. The first kappa shape index (κ1) is 21.6. The molecule has 30 heavy (non-hydrogen) atoms. The summed E-state index contributed by atoms with van der Waals surface area (Å²) in [6, 6.07) is 15.6. The Balaban J connectivity index is 2.05. The summed E-state index contributed by atoms with van der Waals surface area (Å²) in [5, 5.41) is 11.0. The second-order valence-electron chi connectivity index (χ2n) is 7.67. The van der Waals surface area contributed by atoms with Gasteiger partial charge < -0.3 is 19.6 Å². The number of carbonyl (C=O) groups is 2. The molecule has 1 saturated heterocycles. The third kappa shape index (κ3) is 4.54. The number of ketones is 1. The van der Waals surface area contributed by atoms with Crippen molar-refractivity contribution in [3.8, 4) is 5.75 Å². The zero-order chi connectivity index (χ0) is 21.7. The maximum atomic E-state index is 12.9. The van der Waals surface area contributed by atoms with Crippen LogP contribution in [0, 0.1) is 0 Å². The summed E-state index contributed by atoms with van der Waals surface area (Å²) in [6.07, 6.45) is 0.758. The highest BCUT2D eigenvalue weighted by atomic mass is 16.5. The van der Waals surface area contributed by atoms with Crippen molar-refractivity contribution < 1.29 is 24.3 Å². The Hall–Kier alpha value is -3.12. The highest BCUT2D eigenvalue weighted by Gasteiger charge is 2.45. The van der Waals surface area contributed by atoms with Gasteiger partial charge in [0.2, 0.25) is 0 Å². The summed E-state index contributed by atoms with van der Waals surface area (Å²) in [4.78, 5) is 28.7. The molecule has 2 aromatic rings. The van der Waals surface area contributed by atoms with Crippen LogP contribution in [0.2, 0.25) is 0 Å². The van der Waals surface area contributed by atoms with E-state index in [0.29, 0.717) is 18.7 Å². The molecule has 2 aromatic carbocycles. The van der Waals surface area contributed by atoms with Crippen molar-refractivity contribution >= 4 is 17.4 Å². The molecule has 6 nitrogen and oxygen atoms in total. The van der Waals surface area contributed by atoms with Crippen LogP contribution in [0.5, 0.6) is 5.75 Å². The number of likely N-dealkylation sites (tertiary alicyclic amines) is 1. The van der Waals surface area contributed by atoms with Crippen molar-refractivity contribution in [1.29, 1.82) is 0 Å². The fourth-order valence-electron chi connectivity index (χ4n) is 3.72. The number of quaternary nitrogens is 1. The Bertz CT molecular complexity index is 920. The maximum Gasteiger partial charge on any atom is 0.295 e. The molecular formula is C24H29N2O4+. The molecule has 0 aromatic heterocycles. The van der Waals surface area contributed by atoms with E-state index in [-0.39, 0.29) is 11.3 Å². The number of aliphatic hydroxyl groups is 1. The van der Waals surface area contributed by atoms with Crippen LogP contribution in [-0.4, -0.2) is 55.5 Å². The molecular weight excluding hydrogens is 380 g/mol. The molecule has 1 aliphatic rings. The van der Waals surface area contributed by atoms with Gasteiger partial charge in [-0.3, -0.25) is 9.59 Å². The minimum Gasteiger partial charge on any atom is -0.507 e. The number of Topliss-reactive ketones (excluding diaryl/α,β-unsaturated/α-hetero) is 1. The van der Waals surface area contributed by atoms with Crippen molar-refractivity contribution in [1.82, 2.24) is 4.90 Å². The van der Waals surface area contributed by atoms with E-state index in [0.717, 1.165) is 24.3 Å². The van der Waals surface area contributed by atoms with Gasteiger partial charge in [-0.25, -0.2) is 0 Å². The molecule has 0 aliphatic carbocycles. The summed E-state index contributed by atoms with van der Waals surface area (Å²) in [6.45, 7) is 3.78. The van der Waals surface area contributed by atoms with Gasteiger partial charge in [-0.2, -0.15) is 0 Å². The predicted molar refractivity (Wildman–Crippen MR) is 115 cm³/mol. The van der Waals surface area contributed by atoms with E-state index in [1.165, 1.54) is 4.90 Å². The normalized spacial score (nSPS) is 18.3. The number of carbonyl (C=O) groups excluding carboxylic acids is 2. The third-order valence-electron chi connectivity index (χ3n) is 5.17. The Morgan fingerprint density at radius 1 is 1.07 bits per heavy atom. The summed E-state index contributed by atoms with van der Waals surface area (Å²) in [5.74, 6) is -0.640. The number of hydrogen-bond donors (Lipinski definition) is 2. The molecule has 0 radical (unpaired) electrons. The van der Waals surface area contributed by atoms with Crippen LogP contribution in [-0.2, 0) is 9.59 Å². The topological polar surface area (TPSA) is 71.3 Å². The van der Waals surface area contributed by atoms with Gasteiger partial charge in [0, 0.05) is 18.5 Å². The summed E-state index contributed by atoms with van der Waals surface area (Å²) >= 11 is 0. The first-order valence-corrected chi connectivity index (χ1v) is 10.3. The second-order valence-corrected chi connectivity index (χ2v) is 7.67. The maximum absolute atomic E-state index is 12.9. The highest BCUT2D eigenvalue weighted by molar-refractivity contribution is 6.46. The highest BCUT2D eigenvalue weighted by Crippen LogP contribution is 2.39. The molecule has 3 rings (SSSR count). The minimum absolute atomic E-state index is 0.132. The van der Waals surface area contributed by atoms with Crippen molar-refractivity contribution in [3.63, 3.8) is 0 Å². The lowest BCUT2D eigenvalue weighted by molar-refractivity contribution is -0.858. The van der Waals surface area contributed by atoms with Crippen LogP contribution in [0.3, 0.4) is 0 Å². The molecule has 0 bridgehead atoms. The number of nitrogens with zero attached hydrogens (tertiary/aromatic N) is 1. The molecule has 0 unspecified atom stereocenters. The Morgan fingerprint density at radius 2 is 1.73 bits per heavy atom. The summed E-state index contributed by atoms with van der Waals surface area (Å²) in [5.41, 5.74) is 1.42. The average molecular weight is 410 g/mol. The second kappa shape index (κ2) is 9.59. The molecule has 0 saturated carbocycles. The standard InChI is InChI=1S/C24H28N2O4/c1-4-30-19-13-11-17(12-14-19)21-20(22(27)18-9-6-5-7-10-18)23(28)24(29)26(21)16-8-15-25(2)3/h5-7,9-14,21,27H,4,8,15-16H2,1-3H3/p+1/t21-/m1/s1. The van der Waals surface area contributed by atoms with Crippen molar-refractivity contribution in [2.24, 2.45) is 0 Å². The number of aliphatic hydroxyl groups excluding tert-OH is 1. The lowest BCUT2D eigenvalue weighted by Crippen LogP contribution is -3.05. The lowest BCUT2D eigenvalue weighted by Gasteiger charge is -2.25. The van der Waals surface area contributed by atoms with Gasteiger partial charge in [-0.1, -0.05) is 42.5 Å². The monoisotopic (exact) mass is 409 g/mol. The number of nitrogens with one attached hydrogen (secondary N) is 1. The molecule has 1 fully saturated rings. The molecule has 1 atom stereocenters. The van der Waals surface area contributed by atoms with E-state index in [9.17, 15) is 14.7 Å². The zero-order valence-corrected chi connectivity index (χ0v) is 17.7. The average Bonchev–Trinajstić information content (AvgIpc) is 2.99. The molecule has 158 valence electrons. The van der Waals surface area contributed by atoms with Crippen LogP contribution >= 0.6 is 0 Å². The first-order chi connectivity index (χ1) is 14.4.